The van der Waals surface area contributed by atoms with Crippen LogP contribution in [-0.2, 0) is 19.1 Å². The summed E-state index contributed by atoms with van der Waals surface area (Å²) in [5.41, 5.74) is 0. The molecule has 0 saturated heterocycles. The van der Waals surface area contributed by atoms with Crippen molar-refractivity contribution in [3.63, 3.8) is 0 Å². The molecule has 0 atom stereocenters. The lowest BCUT2D eigenvalue weighted by Crippen LogP contribution is -2.41. The summed E-state index contributed by atoms with van der Waals surface area (Å²) in [4.78, 5) is 21.0. The molecule has 0 bridgehead atoms. The van der Waals surface area contributed by atoms with E-state index in [1.165, 1.54) is 13.8 Å². The minimum Gasteiger partial charge on any atom is -0.349 e. The molecule has 0 heterocycles. The number of alkyl halides is 6. The summed E-state index contributed by atoms with van der Waals surface area (Å²) in [7, 11) is 0. The Morgan fingerprint density at radius 1 is 0.783 bits per heavy atom. The Kier molecular flexibility index (Phi) is 7.77. The molecule has 0 aromatic carbocycles. The molecule has 0 fully saturated rings. The van der Waals surface area contributed by atoms with Crippen molar-refractivity contribution < 1.29 is 45.4 Å². The zero-order chi connectivity index (χ0) is 18.3. The highest BCUT2D eigenvalue weighted by molar-refractivity contribution is 5.81. The van der Waals surface area contributed by atoms with Gasteiger partial charge >= 0.3 is 24.2 Å². The quantitative estimate of drug-likeness (QED) is 0.389. The first kappa shape index (κ1) is 21.4. The van der Waals surface area contributed by atoms with Crippen molar-refractivity contribution in [3.05, 3.63) is 0 Å². The van der Waals surface area contributed by atoms with Gasteiger partial charge in [-0.1, -0.05) is 0 Å². The van der Waals surface area contributed by atoms with Crippen LogP contribution in [0, 0.1) is 0 Å². The van der Waals surface area contributed by atoms with Gasteiger partial charge in [-0.3, -0.25) is 9.59 Å². The minimum absolute atomic E-state index is 0.316. The third kappa shape index (κ3) is 9.94. The van der Waals surface area contributed by atoms with Crippen molar-refractivity contribution in [1.82, 2.24) is 10.6 Å². The predicted octanol–water partition coefficient (Wildman–Crippen LogP) is 1.11. The van der Waals surface area contributed by atoms with Crippen LogP contribution in [0.4, 0.5) is 26.3 Å². The van der Waals surface area contributed by atoms with Crippen molar-refractivity contribution >= 4 is 11.8 Å². The number of halogens is 6. The number of carbonyl (C=O) groups excluding carboxylic acids is 2. The van der Waals surface area contributed by atoms with E-state index in [4.69, 9.17) is 9.47 Å². The molecule has 2 N–H and O–H groups in total. The first-order valence-corrected chi connectivity index (χ1v) is 6.23. The standard InChI is InChI=1S/C11H16F6N2O4/c1-9(2,22-5-3-18-7(20)10(12,13)14)23-6-4-19-8(21)11(15,16)17/h3-6H2,1-2H3,(H,18,20)(H,19,21). The highest BCUT2D eigenvalue weighted by Gasteiger charge is 2.39. The maximum atomic E-state index is 11.9. The van der Waals surface area contributed by atoms with Gasteiger partial charge in [0.2, 0.25) is 0 Å². The number of hydrogen-bond donors (Lipinski definition) is 2. The SMILES string of the molecule is CC(C)(OCCNC(=O)C(F)(F)F)OCCNC(=O)C(F)(F)F. The van der Waals surface area contributed by atoms with Gasteiger partial charge in [0.15, 0.2) is 5.79 Å². The second-order valence-electron chi connectivity index (χ2n) is 4.60. The summed E-state index contributed by atoms with van der Waals surface area (Å²) < 4.78 is 81.3. The lowest BCUT2D eigenvalue weighted by Gasteiger charge is -2.26. The fraction of sp³-hybridized carbons (Fsp3) is 0.818. The molecule has 0 unspecified atom stereocenters. The predicted molar refractivity (Wildman–Crippen MR) is 64.1 cm³/mol. The number of hydrogen-bond acceptors (Lipinski definition) is 4. The highest BCUT2D eigenvalue weighted by Crippen LogP contribution is 2.15. The van der Waals surface area contributed by atoms with E-state index in [-0.39, 0.29) is 13.2 Å². The normalized spacial score (nSPS) is 12.9. The van der Waals surface area contributed by atoms with Crippen molar-refractivity contribution in [3.8, 4) is 0 Å². The molecular weight excluding hydrogens is 338 g/mol. The Morgan fingerprint density at radius 3 is 1.35 bits per heavy atom. The van der Waals surface area contributed by atoms with Gasteiger partial charge in [-0.25, -0.2) is 0 Å². The molecule has 0 aliphatic carbocycles. The van der Waals surface area contributed by atoms with Gasteiger partial charge in [-0.2, -0.15) is 26.3 Å². The summed E-state index contributed by atoms with van der Waals surface area (Å²) in [5.74, 6) is -5.56. The molecule has 0 aliphatic heterocycles. The van der Waals surface area contributed by atoms with Crippen LogP contribution in [0.25, 0.3) is 0 Å². The van der Waals surface area contributed by atoms with Crippen LogP contribution in [0.1, 0.15) is 13.8 Å². The number of rotatable bonds is 8. The summed E-state index contributed by atoms with van der Waals surface area (Å²) in [6.45, 7) is 1.23. The number of ether oxygens (including phenoxy) is 2. The topological polar surface area (TPSA) is 76.7 Å². The number of amides is 2. The third-order valence-corrected chi connectivity index (χ3v) is 2.19. The van der Waals surface area contributed by atoms with Gasteiger partial charge < -0.3 is 20.1 Å². The Hall–Kier alpha value is -1.56. The van der Waals surface area contributed by atoms with Crippen molar-refractivity contribution in [1.29, 1.82) is 0 Å². The molecule has 23 heavy (non-hydrogen) atoms. The molecule has 0 radical (unpaired) electrons. The summed E-state index contributed by atoms with van der Waals surface area (Å²) >= 11 is 0. The van der Waals surface area contributed by atoms with Crippen LogP contribution < -0.4 is 10.6 Å². The molecule has 6 nitrogen and oxygen atoms in total. The number of carbonyl (C=O) groups is 2. The highest BCUT2D eigenvalue weighted by atomic mass is 19.4. The minimum atomic E-state index is -5.00. The maximum absolute atomic E-state index is 11.9. The lowest BCUT2D eigenvalue weighted by molar-refractivity contribution is -0.212. The van der Waals surface area contributed by atoms with E-state index in [2.05, 4.69) is 0 Å². The molecular formula is C11H16F6N2O4. The average Bonchev–Trinajstić information content (AvgIpc) is 2.37. The molecule has 2 amide bonds. The fourth-order valence-electron chi connectivity index (χ4n) is 1.16. The molecule has 0 spiro atoms. The molecule has 0 aromatic heterocycles. The lowest BCUT2D eigenvalue weighted by atomic mass is 10.4. The Balaban J connectivity index is 3.90. The number of nitrogens with one attached hydrogen (secondary N) is 2. The van der Waals surface area contributed by atoms with Gasteiger partial charge in [0.1, 0.15) is 0 Å². The monoisotopic (exact) mass is 354 g/mol. The average molecular weight is 354 g/mol. The van der Waals surface area contributed by atoms with Gasteiger partial charge in [0.05, 0.1) is 13.2 Å². The summed E-state index contributed by atoms with van der Waals surface area (Å²) in [6, 6.07) is 0. The first-order chi connectivity index (χ1) is 10.3. The molecule has 0 rings (SSSR count). The second-order valence-corrected chi connectivity index (χ2v) is 4.60. The van der Waals surface area contributed by atoms with Crippen LogP contribution in [0.5, 0.6) is 0 Å². The van der Waals surface area contributed by atoms with Gasteiger partial charge in [0.25, 0.3) is 0 Å². The van der Waals surface area contributed by atoms with E-state index in [9.17, 15) is 35.9 Å². The van der Waals surface area contributed by atoms with Crippen LogP contribution >= 0.6 is 0 Å². The van der Waals surface area contributed by atoms with Crippen molar-refractivity contribution in [2.24, 2.45) is 0 Å². The molecule has 0 aromatic rings. The summed E-state index contributed by atoms with van der Waals surface area (Å²) in [6.07, 6.45) is -9.99. The van der Waals surface area contributed by atoms with Gasteiger partial charge in [-0.05, 0) is 13.8 Å². The van der Waals surface area contributed by atoms with E-state index in [0.29, 0.717) is 0 Å². The van der Waals surface area contributed by atoms with Crippen molar-refractivity contribution in [2.45, 2.75) is 32.0 Å². The van der Waals surface area contributed by atoms with Gasteiger partial charge in [-0.15, -0.1) is 0 Å². The van der Waals surface area contributed by atoms with Crippen molar-refractivity contribution in [2.75, 3.05) is 26.3 Å². The second kappa shape index (κ2) is 8.34. The Labute approximate surface area is 127 Å². The van der Waals surface area contributed by atoms with E-state index in [1.807, 2.05) is 0 Å². The molecule has 12 heteroatoms. The zero-order valence-electron chi connectivity index (χ0n) is 12.2. The Bertz CT molecular complexity index is 372. The molecule has 0 saturated carbocycles. The molecule has 0 aliphatic rings. The zero-order valence-corrected chi connectivity index (χ0v) is 12.2. The van der Waals surface area contributed by atoms with E-state index >= 15 is 0 Å². The summed E-state index contributed by atoms with van der Waals surface area (Å²) in [5, 5.41) is 3.14. The van der Waals surface area contributed by atoms with Crippen LogP contribution in [0.15, 0.2) is 0 Å². The van der Waals surface area contributed by atoms with Crippen LogP contribution in [0.2, 0.25) is 0 Å². The third-order valence-electron chi connectivity index (χ3n) is 2.19. The van der Waals surface area contributed by atoms with E-state index in [0.717, 1.165) is 0 Å². The van der Waals surface area contributed by atoms with Crippen LogP contribution in [0.3, 0.4) is 0 Å². The van der Waals surface area contributed by atoms with Gasteiger partial charge in [0, 0.05) is 13.1 Å². The maximum Gasteiger partial charge on any atom is 0.471 e. The first-order valence-electron chi connectivity index (χ1n) is 6.23. The smallest absolute Gasteiger partial charge is 0.349 e. The van der Waals surface area contributed by atoms with E-state index in [1.54, 1.807) is 10.6 Å². The largest absolute Gasteiger partial charge is 0.471 e. The van der Waals surface area contributed by atoms with E-state index < -0.39 is 43.0 Å². The Morgan fingerprint density at radius 2 is 1.09 bits per heavy atom. The fourth-order valence-corrected chi connectivity index (χ4v) is 1.16. The van der Waals surface area contributed by atoms with Crippen LogP contribution in [-0.4, -0.2) is 56.3 Å². The molecule has 136 valence electrons.